The Bertz CT molecular complexity index is 93.3. The van der Waals surface area contributed by atoms with E-state index in [4.69, 9.17) is 5.11 Å². The van der Waals surface area contributed by atoms with E-state index >= 15 is 0 Å². The van der Waals surface area contributed by atoms with Gasteiger partial charge in [-0.25, -0.2) is 0 Å². The first-order valence-corrected chi connectivity index (χ1v) is 4.16. The summed E-state index contributed by atoms with van der Waals surface area (Å²) in [6.45, 7) is 4.88. The fourth-order valence-electron chi connectivity index (χ4n) is 1.66. The third kappa shape index (κ3) is 1.96. The standard InChI is InChI=1S/C8H17NO/c1-7-6-9-4-2-8(7)3-5-10/h7-10H,2-6H2,1H3/t7?,8-/m1/s1. The summed E-state index contributed by atoms with van der Waals surface area (Å²) in [5, 5.41) is 12.1. The van der Waals surface area contributed by atoms with E-state index < -0.39 is 0 Å². The monoisotopic (exact) mass is 143 g/mol. The molecule has 2 N–H and O–H groups in total. The summed E-state index contributed by atoms with van der Waals surface area (Å²) >= 11 is 0. The van der Waals surface area contributed by atoms with Gasteiger partial charge in [-0.3, -0.25) is 0 Å². The molecule has 0 saturated carbocycles. The van der Waals surface area contributed by atoms with E-state index in [-0.39, 0.29) is 0 Å². The van der Waals surface area contributed by atoms with Crippen LogP contribution in [0.2, 0.25) is 0 Å². The summed E-state index contributed by atoms with van der Waals surface area (Å²) in [4.78, 5) is 0. The number of aliphatic hydroxyl groups is 1. The van der Waals surface area contributed by atoms with Crippen molar-refractivity contribution in [3.05, 3.63) is 0 Å². The molecule has 1 heterocycles. The molecule has 1 rings (SSSR count). The van der Waals surface area contributed by atoms with E-state index in [1.165, 1.54) is 6.42 Å². The first-order chi connectivity index (χ1) is 4.84. The van der Waals surface area contributed by atoms with E-state index in [9.17, 15) is 0 Å². The van der Waals surface area contributed by atoms with Crippen molar-refractivity contribution < 1.29 is 5.11 Å². The normalized spacial score (nSPS) is 34.2. The maximum Gasteiger partial charge on any atom is 0.0433 e. The number of hydrogen-bond acceptors (Lipinski definition) is 2. The van der Waals surface area contributed by atoms with Crippen LogP contribution < -0.4 is 5.32 Å². The second kappa shape index (κ2) is 3.94. The molecule has 1 saturated heterocycles. The third-order valence-electron chi connectivity index (χ3n) is 2.46. The first-order valence-electron chi connectivity index (χ1n) is 4.16. The van der Waals surface area contributed by atoms with Crippen LogP contribution in [0.3, 0.4) is 0 Å². The zero-order valence-electron chi connectivity index (χ0n) is 6.64. The second-order valence-electron chi connectivity index (χ2n) is 3.24. The zero-order valence-corrected chi connectivity index (χ0v) is 6.64. The summed E-state index contributed by atoms with van der Waals surface area (Å²) in [6, 6.07) is 0. The van der Waals surface area contributed by atoms with Crippen LogP contribution in [0.15, 0.2) is 0 Å². The summed E-state index contributed by atoms with van der Waals surface area (Å²) in [6.07, 6.45) is 2.23. The molecule has 0 aromatic heterocycles. The number of aliphatic hydroxyl groups excluding tert-OH is 1. The minimum Gasteiger partial charge on any atom is -0.396 e. The molecule has 0 radical (unpaired) electrons. The quantitative estimate of drug-likeness (QED) is 0.593. The lowest BCUT2D eigenvalue weighted by molar-refractivity contribution is 0.195. The van der Waals surface area contributed by atoms with Crippen molar-refractivity contribution in [3.8, 4) is 0 Å². The van der Waals surface area contributed by atoms with E-state index in [1.807, 2.05) is 0 Å². The molecule has 0 aromatic rings. The molecule has 0 bridgehead atoms. The Labute approximate surface area is 62.6 Å². The van der Waals surface area contributed by atoms with Crippen LogP contribution in [0.25, 0.3) is 0 Å². The highest BCUT2D eigenvalue weighted by Crippen LogP contribution is 2.21. The van der Waals surface area contributed by atoms with E-state index in [1.54, 1.807) is 0 Å². The van der Waals surface area contributed by atoms with E-state index in [0.29, 0.717) is 6.61 Å². The van der Waals surface area contributed by atoms with Crippen LogP contribution in [-0.2, 0) is 0 Å². The zero-order chi connectivity index (χ0) is 7.40. The average molecular weight is 143 g/mol. The lowest BCUT2D eigenvalue weighted by Crippen LogP contribution is -2.35. The van der Waals surface area contributed by atoms with Crippen LogP contribution in [0.4, 0.5) is 0 Å². The molecule has 1 aliphatic heterocycles. The van der Waals surface area contributed by atoms with Crippen molar-refractivity contribution in [3.63, 3.8) is 0 Å². The van der Waals surface area contributed by atoms with Crippen LogP contribution in [-0.4, -0.2) is 24.8 Å². The van der Waals surface area contributed by atoms with Crippen LogP contribution >= 0.6 is 0 Å². The van der Waals surface area contributed by atoms with Gasteiger partial charge in [-0.15, -0.1) is 0 Å². The minimum atomic E-state index is 0.356. The van der Waals surface area contributed by atoms with E-state index in [0.717, 1.165) is 31.3 Å². The Hall–Kier alpha value is -0.0800. The van der Waals surface area contributed by atoms with Crippen LogP contribution in [0, 0.1) is 11.8 Å². The SMILES string of the molecule is CC1CNCC[C@@H]1CCO. The molecular formula is C8H17NO. The van der Waals surface area contributed by atoms with Crippen molar-refractivity contribution in [2.75, 3.05) is 19.7 Å². The van der Waals surface area contributed by atoms with Gasteiger partial charge in [-0.1, -0.05) is 6.92 Å². The van der Waals surface area contributed by atoms with Gasteiger partial charge in [0, 0.05) is 6.61 Å². The van der Waals surface area contributed by atoms with Crippen molar-refractivity contribution in [2.45, 2.75) is 19.8 Å². The number of rotatable bonds is 2. The topological polar surface area (TPSA) is 32.3 Å². The molecule has 2 nitrogen and oxygen atoms in total. The lowest BCUT2D eigenvalue weighted by Gasteiger charge is -2.28. The fourth-order valence-corrected chi connectivity index (χ4v) is 1.66. The molecule has 1 unspecified atom stereocenters. The van der Waals surface area contributed by atoms with Gasteiger partial charge in [0.2, 0.25) is 0 Å². The van der Waals surface area contributed by atoms with Crippen molar-refractivity contribution in [2.24, 2.45) is 11.8 Å². The number of hydrogen-bond donors (Lipinski definition) is 2. The highest BCUT2D eigenvalue weighted by Gasteiger charge is 2.19. The number of piperidine rings is 1. The Morgan fingerprint density at radius 1 is 1.60 bits per heavy atom. The smallest absolute Gasteiger partial charge is 0.0433 e. The molecule has 1 fully saturated rings. The van der Waals surface area contributed by atoms with Gasteiger partial charge in [-0.05, 0) is 37.8 Å². The van der Waals surface area contributed by atoms with Gasteiger partial charge < -0.3 is 10.4 Å². The summed E-state index contributed by atoms with van der Waals surface area (Å²) < 4.78 is 0. The second-order valence-corrected chi connectivity index (χ2v) is 3.24. The summed E-state index contributed by atoms with van der Waals surface area (Å²) in [5.74, 6) is 1.51. The Kier molecular flexibility index (Phi) is 3.16. The maximum absolute atomic E-state index is 8.72. The summed E-state index contributed by atoms with van der Waals surface area (Å²) in [5.41, 5.74) is 0. The Morgan fingerprint density at radius 2 is 2.40 bits per heavy atom. The fraction of sp³-hybridized carbons (Fsp3) is 1.00. The van der Waals surface area contributed by atoms with Gasteiger partial charge in [0.25, 0.3) is 0 Å². The maximum atomic E-state index is 8.72. The van der Waals surface area contributed by atoms with Gasteiger partial charge in [0.1, 0.15) is 0 Å². The van der Waals surface area contributed by atoms with Crippen molar-refractivity contribution in [1.82, 2.24) is 5.32 Å². The van der Waals surface area contributed by atoms with Gasteiger partial charge in [-0.2, -0.15) is 0 Å². The van der Waals surface area contributed by atoms with E-state index in [2.05, 4.69) is 12.2 Å². The largest absolute Gasteiger partial charge is 0.396 e. The molecule has 60 valence electrons. The van der Waals surface area contributed by atoms with Crippen LogP contribution in [0.5, 0.6) is 0 Å². The molecule has 0 spiro atoms. The Morgan fingerprint density at radius 3 is 3.00 bits per heavy atom. The van der Waals surface area contributed by atoms with Crippen molar-refractivity contribution in [1.29, 1.82) is 0 Å². The van der Waals surface area contributed by atoms with Crippen molar-refractivity contribution >= 4 is 0 Å². The molecular weight excluding hydrogens is 126 g/mol. The molecule has 2 heteroatoms. The molecule has 2 atom stereocenters. The molecule has 0 aliphatic carbocycles. The van der Waals surface area contributed by atoms with Gasteiger partial charge >= 0.3 is 0 Å². The molecule has 0 aromatic carbocycles. The molecule has 0 amide bonds. The lowest BCUT2D eigenvalue weighted by atomic mass is 9.86. The summed E-state index contributed by atoms with van der Waals surface area (Å²) in [7, 11) is 0. The minimum absolute atomic E-state index is 0.356. The third-order valence-corrected chi connectivity index (χ3v) is 2.46. The average Bonchev–Trinajstić information content (AvgIpc) is 1.94. The predicted octanol–water partition coefficient (Wildman–Crippen LogP) is 0.614. The predicted molar refractivity (Wildman–Crippen MR) is 41.8 cm³/mol. The number of nitrogens with one attached hydrogen (secondary N) is 1. The van der Waals surface area contributed by atoms with Crippen LogP contribution in [0.1, 0.15) is 19.8 Å². The molecule has 10 heavy (non-hydrogen) atoms. The van der Waals surface area contributed by atoms with Gasteiger partial charge in [0.05, 0.1) is 0 Å². The highest BCUT2D eigenvalue weighted by molar-refractivity contribution is 4.74. The van der Waals surface area contributed by atoms with Gasteiger partial charge in [0.15, 0.2) is 0 Å². The first kappa shape index (κ1) is 8.02. The highest BCUT2D eigenvalue weighted by atomic mass is 16.3. The molecule has 1 aliphatic rings. The Balaban J connectivity index is 2.25.